The molecule has 150 valence electrons. The fraction of sp³-hybridized carbons (Fsp3) is 0.500. The van der Waals surface area contributed by atoms with Gasteiger partial charge < -0.3 is 5.32 Å². The van der Waals surface area contributed by atoms with Crippen LogP contribution in [0.3, 0.4) is 0 Å². The van der Waals surface area contributed by atoms with Crippen molar-refractivity contribution < 1.29 is 27.6 Å². The van der Waals surface area contributed by atoms with Gasteiger partial charge in [-0.2, -0.15) is 13.2 Å². The zero-order chi connectivity index (χ0) is 20.4. The predicted octanol–water partition coefficient (Wildman–Crippen LogP) is 3.42. The fourth-order valence-corrected chi connectivity index (χ4v) is 6.56. The van der Waals surface area contributed by atoms with Gasteiger partial charge in [-0.15, -0.1) is 0 Å². The van der Waals surface area contributed by atoms with Crippen LogP contribution >= 0.6 is 31.9 Å². The Kier molecular flexibility index (Phi) is 4.85. The summed E-state index contributed by atoms with van der Waals surface area (Å²) in [5.74, 6) is -2.25. The number of nitrogens with zero attached hydrogens (tertiary/aromatic N) is 1. The zero-order valence-corrected chi connectivity index (χ0v) is 17.4. The first kappa shape index (κ1) is 19.9. The standard InChI is InChI=1S/C18H15Br2F3N2O3/c19-14-9-5-10(15(14)20)13-12(9)16(27)25(17(13)28)6-11(26)24-8-3-1-2-7(4-8)18(21,22)23/h1-4,9-10,12-15H,5-6H2,(H,24,26)/t9-,10-,12-,13+,14-,15+/m0/s1. The molecule has 28 heavy (non-hydrogen) atoms. The van der Waals surface area contributed by atoms with Crippen LogP contribution in [-0.2, 0) is 20.6 Å². The predicted molar refractivity (Wildman–Crippen MR) is 101 cm³/mol. The SMILES string of the molecule is O=C(CN1C(=O)[C@@H]2[C@@H]3C[C@H]([C@H](Br)[C@@H]3Br)[C@@H]2C1=O)Nc1cccc(C(F)(F)F)c1. The largest absolute Gasteiger partial charge is 0.416 e. The lowest BCUT2D eigenvalue weighted by Crippen LogP contribution is -2.39. The first-order valence-corrected chi connectivity index (χ1v) is 10.5. The van der Waals surface area contributed by atoms with Crippen LogP contribution in [0.2, 0.25) is 0 Å². The molecule has 1 aromatic rings. The topological polar surface area (TPSA) is 66.5 Å². The number of likely N-dealkylation sites (tertiary alicyclic amines) is 1. The Morgan fingerprint density at radius 1 is 1.11 bits per heavy atom. The lowest BCUT2D eigenvalue weighted by molar-refractivity contribution is -0.143. The van der Waals surface area contributed by atoms with E-state index in [1.165, 1.54) is 12.1 Å². The number of fused-ring (bicyclic) bond motifs is 5. The second-order valence-electron chi connectivity index (χ2n) is 7.39. The van der Waals surface area contributed by atoms with Gasteiger partial charge in [0.05, 0.1) is 17.4 Å². The summed E-state index contributed by atoms with van der Waals surface area (Å²) in [4.78, 5) is 38.9. The Balaban J connectivity index is 1.46. The molecule has 3 fully saturated rings. The van der Waals surface area contributed by atoms with Crippen LogP contribution in [0.25, 0.3) is 0 Å². The maximum atomic E-state index is 12.8. The van der Waals surface area contributed by atoms with Gasteiger partial charge in [-0.3, -0.25) is 19.3 Å². The van der Waals surface area contributed by atoms with E-state index < -0.39 is 36.0 Å². The molecular weight excluding hydrogens is 509 g/mol. The highest BCUT2D eigenvalue weighted by Gasteiger charge is 2.66. The summed E-state index contributed by atoms with van der Waals surface area (Å²) < 4.78 is 38.4. The zero-order valence-electron chi connectivity index (χ0n) is 14.2. The molecular formula is C18H15Br2F3N2O3. The Labute approximate surface area is 175 Å². The first-order valence-electron chi connectivity index (χ1n) is 8.70. The summed E-state index contributed by atoms with van der Waals surface area (Å²) in [6.45, 7) is -0.500. The van der Waals surface area contributed by atoms with Gasteiger partial charge in [-0.05, 0) is 36.5 Å². The van der Waals surface area contributed by atoms with E-state index >= 15 is 0 Å². The summed E-state index contributed by atoms with van der Waals surface area (Å²) in [6.07, 6.45) is -3.75. The number of nitrogens with one attached hydrogen (secondary N) is 1. The number of rotatable bonds is 3. The Morgan fingerprint density at radius 3 is 2.21 bits per heavy atom. The molecule has 2 aliphatic carbocycles. The van der Waals surface area contributed by atoms with E-state index in [1.807, 2.05) is 0 Å². The van der Waals surface area contributed by atoms with Crippen molar-refractivity contribution in [3.8, 4) is 0 Å². The number of carbonyl (C=O) groups excluding carboxylic acids is 3. The van der Waals surface area contributed by atoms with Crippen LogP contribution < -0.4 is 5.32 Å². The molecule has 0 radical (unpaired) electrons. The summed E-state index contributed by atoms with van der Waals surface area (Å²) in [5.41, 5.74) is -0.934. The molecule has 1 aromatic carbocycles. The molecule has 10 heteroatoms. The van der Waals surface area contributed by atoms with Crippen LogP contribution in [0.4, 0.5) is 18.9 Å². The van der Waals surface area contributed by atoms with Gasteiger partial charge in [0, 0.05) is 15.3 Å². The minimum Gasteiger partial charge on any atom is -0.325 e. The van der Waals surface area contributed by atoms with Crippen LogP contribution in [0.5, 0.6) is 0 Å². The van der Waals surface area contributed by atoms with E-state index in [2.05, 4.69) is 37.2 Å². The molecule has 1 saturated heterocycles. The van der Waals surface area contributed by atoms with Crippen molar-refractivity contribution in [2.24, 2.45) is 23.7 Å². The Morgan fingerprint density at radius 2 is 1.68 bits per heavy atom. The van der Waals surface area contributed by atoms with Gasteiger partial charge in [0.15, 0.2) is 0 Å². The van der Waals surface area contributed by atoms with E-state index in [1.54, 1.807) is 0 Å². The first-order chi connectivity index (χ1) is 13.1. The van der Waals surface area contributed by atoms with E-state index in [9.17, 15) is 27.6 Å². The average Bonchev–Trinajstić information content (AvgIpc) is 3.22. The summed E-state index contributed by atoms with van der Waals surface area (Å²) in [6, 6.07) is 4.21. The maximum Gasteiger partial charge on any atom is 0.416 e. The minimum atomic E-state index is -4.53. The molecule has 3 aliphatic rings. The maximum absolute atomic E-state index is 12.8. The third kappa shape index (κ3) is 3.08. The number of halogens is 5. The van der Waals surface area contributed by atoms with Crippen molar-refractivity contribution in [1.82, 2.24) is 4.90 Å². The number of alkyl halides is 5. The van der Waals surface area contributed by atoms with E-state index in [0.29, 0.717) is 0 Å². The smallest absolute Gasteiger partial charge is 0.325 e. The molecule has 3 amide bonds. The molecule has 4 rings (SSSR count). The second kappa shape index (κ2) is 6.83. The normalized spacial score (nSPS) is 34.1. The number of carbonyl (C=O) groups is 3. The third-order valence-electron chi connectivity index (χ3n) is 5.85. The summed E-state index contributed by atoms with van der Waals surface area (Å²) in [7, 11) is 0. The quantitative estimate of drug-likeness (QED) is 0.487. The van der Waals surface area contributed by atoms with Crippen LogP contribution in [-0.4, -0.2) is 38.8 Å². The van der Waals surface area contributed by atoms with Gasteiger partial charge in [0.1, 0.15) is 6.54 Å². The van der Waals surface area contributed by atoms with Crippen LogP contribution in [0.15, 0.2) is 24.3 Å². The van der Waals surface area contributed by atoms with Crippen molar-refractivity contribution in [2.75, 3.05) is 11.9 Å². The molecule has 6 atom stereocenters. The molecule has 0 aromatic heterocycles. The number of amides is 3. The van der Waals surface area contributed by atoms with Gasteiger partial charge in [0.25, 0.3) is 0 Å². The van der Waals surface area contributed by atoms with Crippen molar-refractivity contribution in [3.05, 3.63) is 29.8 Å². The highest BCUT2D eigenvalue weighted by Crippen LogP contribution is 2.60. The van der Waals surface area contributed by atoms with Gasteiger partial charge in [-0.25, -0.2) is 0 Å². The van der Waals surface area contributed by atoms with E-state index in [0.717, 1.165) is 23.5 Å². The van der Waals surface area contributed by atoms with Crippen LogP contribution in [0.1, 0.15) is 12.0 Å². The molecule has 2 bridgehead atoms. The number of hydrogen-bond acceptors (Lipinski definition) is 3. The number of hydrogen-bond donors (Lipinski definition) is 1. The summed E-state index contributed by atoms with van der Waals surface area (Å²) in [5, 5.41) is 2.34. The molecule has 5 nitrogen and oxygen atoms in total. The van der Waals surface area contributed by atoms with E-state index in [4.69, 9.17) is 0 Å². The molecule has 0 spiro atoms. The molecule has 2 saturated carbocycles. The fourth-order valence-electron chi connectivity index (χ4n) is 4.68. The number of benzene rings is 1. The van der Waals surface area contributed by atoms with Gasteiger partial charge in [-0.1, -0.05) is 37.9 Å². The Hall–Kier alpha value is -1.42. The van der Waals surface area contributed by atoms with Crippen molar-refractivity contribution in [3.63, 3.8) is 0 Å². The lowest BCUT2D eigenvalue weighted by Gasteiger charge is -2.28. The Bertz CT molecular complexity index is 831. The van der Waals surface area contributed by atoms with Gasteiger partial charge in [0.2, 0.25) is 17.7 Å². The molecule has 0 unspecified atom stereocenters. The van der Waals surface area contributed by atoms with E-state index in [-0.39, 0.29) is 39.0 Å². The minimum absolute atomic E-state index is 0.0346. The van der Waals surface area contributed by atoms with Crippen molar-refractivity contribution in [1.29, 1.82) is 0 Å². The lowest BCUT2D eigenvalue weighted by atomic mass is 9.81. The summed E-state index contributed by atoms with van der Waals surface area (Å²) >= 11 is 7.16. The third-order valence-corrected chi connectivity index (χ3v) is 9.06. The monoisotopic (exact) mass is 522 g/mol. The highest BCUT2D eigenvalue weighted by atomic mass is 79.9. The number of anilines is 1. The van der Waals surface area contributed by atoms with Crippen LogP contribution in [0, 0.1) is 23.7 Å². The average molecular weight is 524 g/mol. The molecule has 1 aliphatic heterocycles. The van der Waals surface area contributed by atoms with Gasteiger partial charge >= 0.3 is 6.18 Å². The van der Waals surface area contributed by atoms with Crippen molar-refractivity contribution >= 4 is 55.3 Å². The second-order valence-corrected chi connectivity index (χ2v) is 9.51. The molecule has 1 N–H and O–H groups in total. The molecule has 1 heterocycles. The number of imide groups is 1. The van der Waals surface area contributed by atoms with Crippen molar-refractivity contribution in [2.45, 2.75) is 22.3 Å². The highest BCUT2D eigenvalue weighted by molar-refractivity contribution is 9.12.